The summed E-state index contributed by atoms with van der Waals surface area (Å²) in [6.45, 7) is 0.396. The molecule has 1 atom stereocenters. The van der Waals surface area contributed by atoms with Gasteiger partial charge in [-0.15, -0.1) is 0 Å². The van der Waals surface area contributed by atoms with Crippen molar-refractivity contribution >= 4 is 17.9 Å². The Morgan fingerprint density at radius 3 is 2.79 bits per heavy atom. The van der Waals surface area contributed by atoms with Gasteiger partial charge in [0.1, 0.15) is 12.1 Å². The van der Waals surface area contributed by atoms with Gasteiger partial charge in [0.2, 0.25) is 0 Å². The summed E-state index contributed by atoms with van der Waals surface area (Å²) < 4.78 is 13.0. The van der Waals surface area contributed by atoms with Crippen LogP contribution in [0.3, 0.4) is 0 Å². The lowest BCUT2D eigenvalue weighted by molar-refractivity contribution is -0.109. The summed E-state index contributed by atoms with van der Waals surface area (Å²) in [5, 5.41) is 0.0612. The second-order valence-electron chi connectivity index (χ2n) is 2.99. The van der Waals surface area contributed by atoms with Gasteiger partial charge in [-0.05, 0) is 30.7 Å². The Morgan fingerprint density at radius 1 is 1.57 bits per heavy atom. The highest BCUT2D eigenvalue weighted by atomic mass is 35.5. The van der Waals surface area contributed by atoms with Crippen LogP contribution in [0.15, 0.2) is 18.2 Å². The van der Waals surface area contributed by atoms with Crippen LogP contribution in [-0.2, 0) is 4.79 Å². The molecular weight excluding hydrogens is 205 g/mol. The molecule has 0 radical (unpaired) electrons. The molecule has 0 aliphatic rings. The molecule has 0 fully saturated rings. The zero-order valence-electron chi connectivity index (χ0n) is 7.54. The molecule has 0 heterocycles. The van der Waals surface area contributed by atoms with Gasteiger partial charge in [0.25, 0.3) is 0 Å². The molecule has 2 N–H and O–H groups in total. The maximum atomic E-state index is 13.0. The fourth-order valence-corrected chi connectivity index (χ4v) is 1.35. The van der Waals surface area contributed by atoms with E-state index in [1.54, 1.807) is 6.07 Å². The number of hydrogen-bond acceptors (Lipinski definition) is 2. The Hall–Kier alpha value is -0.930. The van der Waals surface area contributed by atoms with Gasteiger partial charge in [-0.25, -0.2) is 4.39 Å². The van der Waals surface area contributed by atoms with Gasteiger partial charge in [0.15, 0.2) is 0 Å². The van der Waals surface area contributed by atoms with Gasteiger partial charge in [-0.3, -0.25) is 0 Å². The standard InChI is InChI=1S/C10H11ClFNO/c11-9-2-1-7(5-10(9)12)8(6-14)3-4-13/h1-2,5-6,8H,3-4,13H2. The Morgan fingerprint density at radius 2 is 2.29 bits per heavy atom. The number of halogens is 2. The van der Waals surface area contributed by atoms with E-state index in [0.717, 1.165) is 6.29 Å². The van der Waals surface area contributed by atoms with E-state index in [2.05, 4.69) is 0 Å². The van der Waals surface area contributed by atoms with Crippen molar-refractivity contribution in [2.24, 2.45) is 5.73 Å². The fraction of sp³-hybridized carbons (Fsp3) is 0.300. The second-order valence-corrected chi connectivity index (χ2v) is 3.40. The van der Waals surface area contributed by atoms with Gasteiger partial charge in [0.05, 0.1) is 5.02 Å². The predicted molar refractivity (Wildman–Crippen MR) is 53.9 cm³/mol. The molecule has 0 aliphatic carbocycles. The molecule has 0 saturated carbocycles. The van der Waals surface area contributed by atoms with Gasteiger partial charge in [0, 0.05) is 5.92 Å². The van der Waals surface area contributed by atoms with Gasteiger partial charge >= 0.3 is 0 Å². The Balaban J connectivity index is 2.93. The second kappa shape index (κ2) is 5.08. The SMILES string of the molecule is NCCC(C=O)c1ccc(Cl)c(F)c1. The van der Waals surface area contributed by atoms with E-state index < -0.39 is 5.82 Å². The summed E-state index contributed by atoms with van der Waals surface area (Å²) in [4.78, 5) is 10.7. The maximum absolute atomic E-state index is 13.0. The molecule has 1 rings (SSSR count). The number of carbonyl (C=O) groups excluding carboxylic acids is 1. The highest BCUT2D eigenvalue weighted by Crippen LogP contribution is 2.22. The normalized spacial score (nSPS) is 12.5. The Bertz CT molecular complexity index is 330. The number of nitrogens with two attached hydrogens (primary N) is 1. The van der Waals surface area contributed by atoms with Crippen molar-refractivity contribution in [3.63, 3.8) is 0 Å². The van der Waals surface area contributed by atoms with Crippen LogP contribution in [-0.4, -0.2) is 12.8 Å². The lowest BCUT2D eigenvalue weighted by Gasteiger charge is -2.09. The molecule has 0 saturated heterocycles. The molecule has 0 bridgehead atoms. The summed E-state index contributed by atoms with van der Waals surface area (Å²) in [5.41, 5.74) is 5.95. The molecule has 0 aliphatic heterocycles. The van der Waals surface area contributed by atoms with Crippen molar-refractivity contribution < 1.29 is 9.18 Å². The highest BCUT2D eigenvalue weighted by molar-refractivity contribution is 6.30. The van der Waals surface area contributed by atoms with Crippen LogP contribution in [0.1, 0.15) is 17.9 Å². The van der Waals surface area contributed by atoms with Crippen LogP contribution in [0.25, 0.3) is 0 Å². The highest BCUT2D eigenvalue weighted by Gasteiger charge is 2.11. The van der Waals surface area contributed by atoms with Gasteiger partial charge in [-0.2, -0.15) is 0 Å². The molecule has 4 heteroatoms. The maximum Gasteiger partial charge on any atom is 0.142 e. The molecule has 14 heavy (non-hydrogen) atoms. The summed E-state index contributed by atoms with van der Waals surface area (Å²) in [6.07, 6.45) is 1.29. The average molecular weight is 216 g/mol. The minimum absolute atomic E-state index is 0.0612. The van der Waals surface area contributed by atoms with Crippen molar-refractivity contribution in [3.8, 4) is 0 Å². The van der Waals surface area contributed by atoms with E-state index >= 15 is 0 Å². The van der Waals surface area contributed by atoms with E-state index in [9.17, 15) is 9.18 Å². The lowest BCUT2D eigenvalue weighted by Crippen LogP contribution is -2.08. The number of benzene rings is 1. The fourth-order valence-electron chi connectivity index (χ4n) is 1.24. The largest absolute Gasteiger partial charge is 0.330 e. The van der Waals surface area contributed by atoms with Gasteiger partial charge < -0.3 is 10.5 Å². The molecule has 0 aromatic heterocycles. The first-order valence-electron chi connectivity index (χ1n) is 4.29. The molecule has 0 amide bonds. The first-order chi connectivity index (χ1) is 6.69. The Labute approximate surface area is 86.9 Å². The first kappa shape index (κ1) is 11.1. The number of carbonyl (C=O) groups is 1. The summed E-state index contributed by atoms with van der Waals surface area (Å²) in [5.74, 6) is -0.847. The van der Waals surface area contributed by atoms with Crippen molar-refractivity contribution in [2.75, 3.05) is 6.54 Å². The summed E-state index contributed by atoms with van der Waals surface area (Å²) in [7, 11) is 0. The molecule has 1 aromatic rings. The lowest BCUT2D eigenvalue weighted by atomic mass is 9.97. The van der Waals surface area contributed by atoms with Crippen LogP contribution in [0.5, 0.6) is 0 Å². The van der Waals surface area contributed by atoms with Crippen LogP contribution >= 0.6 is 11.6 Å². The smallest absolute Gasteiger partial charge is 0.142 e. The molecular formula is C10H11ClFNO. The van der Waals surface area contributed by atoms with Crippen LogP contribution in [0.4, 0.5) is 4.39 Å². The zero-order chi connectivity index (χ0) is 10.6. The van der Waals surface area contributed by atoms with Crippen molar-refractivity contribution in [1.29, 1.82) is 0 Å². The third-order valence-corrected chi connectivity index (χ3v) is 2.32. The summed E-state index contributed by atoms with van der Waals surface area (Å²) in [6, 6.07) is 4.36. The number of hydrogen-bond donors (Lipinski definition) is 1. The number of aldehydes is 1. The van der Waals surface area contributed by atoms with Gasteiger partial charge in [-0.1, -0.05) is 17.7 Å². The van der Waals surface area contributed by atoms with Crippen molar-refractivity contribution in [3.05, 3.63) is 34.6 Å². The first-order valence-corrected chi connectivity index (χ1v) is 4.67. The third-order valence-electron chi connectivity index (χ3n) is 2.01. The van der Waals surface area contributed by atoms with E-state index in [-0.39, 0.29) is 10.9 Å². The van der Waals surface area contributed by atoms with E-state index in [1.807, 2.05) is 0 Å². The van der Waals surface area contributed by atoms with Crippen molar-refractivity contribution in [2.45, 2.75) is 12.3 Å². The topological polar surface area (TPSA) is 43.1 Å². The van der Waals surface area contributed by atoms with Crippen LogP contribution in [0, 0.1) is 5.82 Å². The molecule has 1 aromatic carbocycles. The van der Waals surface area contributed by atoms with Crippen LogP contribution < -0.4 is 5.73 Å². The predicted octanol–water partition coefficient (Wildman–Crippen LogP) is 2.11. The van der Waals surface area contributed by atoms with E-state index in [1.165, 1.54) is 12.1 Å². The minimum Gasteiger partial charge on any atom is -0.330 e. The minimum atomic E-state index is -0.506. The van der Waals surface area contributed by atoms with Crippen molar-refractivity contribution in [1.82, 2.24) is 0 Å². The zero-order valence-corrected chi connectivity index (χ0v) is 8.30. The van der Waals surface area contributed by atoms with E-state index in [4.69, 9.17) is 17.3 Å². The Kier molecular flexibility index (Phi) is 4.04. The molecule has 76 valence electrons. The number of rotatable bonds is 4. The molecule has 0 spiro atoms. The molecule has 2 nitrogen and oxygen atoms in total. The quantitative estimate of drug-likeness (QED) is 0.782. The summed E-state index contributed by atoms with van der Waals surface area (Å²) >= 11 is 5.52. The van der Waals surface area contributed by atoms with Crippen LogP contribution in [0.2, 0.25) is 5.02 Å². The average Bonchev–Trinajstić information content (AvgIpc) is 2.19. The molecule has 1 unspecified atom stereocenters. The van der Waals surface area contributed by atoms with E-state index in [0.29, 0.717) is 18.5 Å². The monoisotopic (exact) mass is 215 g/mol. The third kappa shape index (κ3) is 2.53.